The summed E-state index contributed by atoms with van der Waals surface area (Å²) in [7, 11) is 0. The molecule has 0 aliphatic carbocycles. The van der Waals surface area contributed by atoms with Crippen molar-refractivity contribution in [2.24, 2.45) is 0 Å². The lowest BCUT2D eigenvalue weighted by atomic mass is 9.93. The van der Waals surface area contributed by atoms with E-state index in [-0.39, 0.29) is 0 Å². The van der Waals surface area contributed by atoms with E-state index in [9.17, 15) is 0 Å². The number of nitrogens with zero attached hydrogens (tertiary/aromatic N) is 3. The summed E-state index contributed by atoms with van der Waals surface area (Å²) in [6.07, 6.45) is 0. The van der Waals surface area contributed by atoms with Gasteiger partial charge in [0.15, 0.2) is 17.5 Å². The smallest absolute Gasteiger partial charge is 0.164 e. The average molecular weight is 732 g/mol. The molecule has 9 aromatic carbocycles. The van der Waals surface area contributed by atoms with Gasteiger partial charge in [-0.15, -0.1) is 11.3 Å². The van der Waals surface area contributed by atoms with Crippen LogP contribution in [0.1, 0.15) is 0 Å². The molecule has 0 spiro atoms. The van der Waals surface area contributed by atoms with Crippen LogP contribution in [0.2, 0.25) is 0 Å². The molecule has 12 rings (SSSR count). The Morgan fingerprint density at radius 2 is 0.857 bits per heavy atom. The van der Waals surface area contributed by atoms with E-state index in [0.717, 1.165) is 44.2 Å². The summed E-state index contributed by atoms with van der Waals surface area (Å²) in [5.41, 5.74) is 6.77. The molecule has 0 radical (unpaired) electrons. The summed E-state index contributed by atoms with van der Waals surface area (Å²) in [6.45, 7) is 0. The van der Waals surface area contributed by atoms with Gasteiger partial charge in [0.05, 0.1) is 0 Å². The second kappa shape index (κ2) is 12.2. The van der Waals surface area contributed by atoms with E-state index >= 15 is 0 Å². The number of hydrogen-bond acceptors (Lipinski definition) is 5. The summed E-state index contributed by atoms with van der Waals surface area (Å²) in [5.74, 6) is 1.84. The Balaban J connectivity index is 1.06. The molecule has 0 atom stereocenters. The van der Waals surface area contributed by atoms with Crippen LogP contribution in [0.4, 0.5) is 0 Å². The molecule has 0 saturated heterocycles. The molecular formula is C51H29N3OS. The van der Waals surface area contributed by atoms with Crippen LogP contribution >= 0.6 is 11.3 Å². The zero-order valence-electron chi connectivity index (χ0n) is 29.9. The van der Waals surface area contributed by atoms with E-state index in [1.165, 1.54) is 58.1 Å². The van der Waals surface area contributed by atoms with Crippen LogP contribution in [0.15, 0.2) is 180 Å². The fraction of sp³-hybridized carbons (Fsp3) is 0. The van der Waals surface area contributed by atoms with Crippen LogP contribution in [-0.4, -0.2) is 15.0 Å². The zero-order chi connectivity index (χ0) is 36.7. The number of fused-ring (bicyclic) bond motifs is 12. The minimum absolute atomic E-state index is 0.602. The van der Waals surface area contributed by atoms with Gasteiger partial charge in [0, 0.05) is 47.6 Å². The Morgan fingerprint density at radius 3 is 1.62 bits per heavy atom. The third kappa shape index (κ3) is 4.75. The first-order chi connectivity index (χ1) is 27.7. The molecule has 12 aromatic rings. The molecule has 0 aliphatic rings. The topological polar surface area (TPSA) is 51.8 Å². The first-order valence-electron chi connectivity index (χ1n) is 18.8. The summed E-state index contributed by atoms with van der Waals surface area (Å²) < 4.78 is 8.90. The Kier molecular flexibility index (Phi) is 6.76. The third-order valence-corrected chi connectivity index (χ3v) is 12.4. The molecule has 5 heteroatoms. The van der Waals surface area contributed by atoms with Gasteiger partial charge in [0.2, 0.25) is 0 Å². The monoisotopic (exact) mass is 731 g/mol. The second-order valence-electron chi connectivity index (χ2n) is 14.3. The highest BCUT2D eigenvalue weighted by atomic mass is 32.1. The van der Waals surface area contributed by atoms with Gasteiger partial charge in [-0.25, -0.2) is 15.0 Å². The van der Waals surface area contributed by atoms with E-state index in [2.05, 4.69) is 146 Å². The quantitative estimate of drug-likeness (QED) is 0.169. The molecule has 3 heterocycles. The van der Waals surface area contributed by atoms with Crippen molar-refractivity contribution >= 4 is 85.8 Å². The zero-order valence-corrected chi connectivity index (χ0v) is 30.7. The molecule has 0 bridgehead atoms. The number of thiophene rings is 1. The van der Waals surface area contributed by atoms with Crippen molar-refractivity contribution in [3.63, 3.8) is 0 Å². The standard InChI is InChI=1S/C51H29N3OS/c1-2-13-36-34(11-1)35-12-3-4-14-37(35)43-29-32(27-28-38(36)43)50-52-49(53-51(54-50)42-19-10-21-45-47(42)41-16-5-7-20-44(41)55-45)31-25-23-30(24-26-31)33-17-9-18-40-39-15-6-8-22-46(39)56-48(33)40/h1-29H. The summed E-state index contributed by atoms with van der Waals surface area (Å²) in [6, 6.07) is 62.1. The minimum Gasteiger partial charge on any atom is -0.456 e. The maximum absolute atomic E-state index is 6.30. The van der Waals surface area contributed by atoms with Gasteiger partial charge in [-0.2, -0.15) is 0 Å². The normalized spacial score (nSPS) is 11.9. The molecule has 4 nitrogen and oxygen atoms in total. The highest BCUT2D eigenvalue weighted by Crippen LogP contribution is 2.42. The summed E-state index contributed by atoms with van der Waals surface area (Å²) in [5, 5.41) is 11.9. The van der Waals surface area contributed by atoms with Gasteiger partial charge in [-0.1, -0.05) is 152 Å². The van der Waals surface area contributed by atoms with Crippen LogP contribution in [0, 0.1) is 0 Å². The fourth-order valence-corrected chi connectivity index (χ4v) is 9.77. The Hall–Kier alpha value is -7.21. The molecule has 260 valence electrons. The van der Waals surface area contributed by atoms with Gasteiger partial charge in [0.25, 0.3) is 0 Å². The molecule has 0 unspecified atom stereocenters. The lowest BCUT2D eigenvalue weighted by molar-refractivity contribution is 0.669. The molecule has 0 amide bonds. The molecule has 0 fully saturated rings. The van der Waals surface area contributed by atoms with Crippen LogP contribution in [0.5, 0.6) is 0 Å². The number of para-hydroxylation sites is 1. The second-order valence-corrected chi connectivity index (χ2v) is 15.3. The van der Waals surface area contributed by atoms with Crippen molar-refractivity contribution in [3.05, 3.63) is 176 Å². The molecule has 0 aliphatic heterocycles. The van der Waals surface area contributed by atoms with Crippen molar-refractivity contribution in [2.75, 3.05) is 0 Å². The van der Waals surface area contributed by atoms with E-state index in [1.807, 2.05) is 41.7 Å². The predicted molar refractivity (Wildman–Crippen MR) is 234 cm³/mol. The van der Waals surface area contributed by atoms with Gasteiger partial charge in [0.1, 0.15) is 11.2 Å². The van der Waals surface area contributed by atoms with Gasteiger partial charge in [-0.05, 0) is 67.7 Å². The van der Waals surface area contributed by atoms with Crippen molar-refractivity contribution < 1.29 is 4.42 Å². The fourth-order valence-electron chi connectivity index (χ4n) is 8.54. The molecular weight excluding hydrogens is 703 g/mol. The third-order valence-electron chi connectivity index (χ3n) is 11.1. The Morgan fingerprint density at radius 1 is 0.339 bits per heavy atom. The lowest BCUT2D eigenvalue weighted by Crippen LogP contribution is -2.00. The minimum atomic E-state index is 0.602. The first-order valence-corrected chi connectivity index (χ1v) is 19.6. The van der Waals surface area contributed by atoms with Gasteiger partial charge < -0.3 is 4.42 Å². The number of rotatable bonds is 4. The van der Waals surface area contributed by atoms with Crippen molar-refractivity contribution in [2.45, 2.75) is 0 Å². The number of benzene rings is 9. The van der Waals surface area contributed by atoms with E-state index in [1.54, 1.807) is 0 Å². The molecule has 56 heavy (non-hydrogen) atoms. The van der Waals surface area contributed by atoms with E-state index in [0.29, 0.717) is 17.5 Å². The van der Waals surface area contributed by atoms with Gasteiger partial charge >= 0.3 is 0 Å². The van der Waals surface area contributed by atoms with Crippen molar-refractivity contribution in [1.82, 2.24) is 15.0 Å². The lowest BCUT2D eigenvalue weighted by Gasteiger charge is -2.13. The van der Waals surface area contributed by atoms with Crippen LogP contribution in [0.3, 0.4) is 0 Å². The average Bonchev–Trinajstić information content (AvgIpc) is 3.85. The predicted octanol–water partition coefficient (Wildman–Crippen LogP) is 14.3. The van der Waals surface area contributed by atoms with Crippen molar-refractivity contribution in [1.29, 1.82) is 0 Å². The van der Waals surface area contributed by atoms with Crippen molar-refractivity contribution in [3.8, 4) is 45.3 Å². The highest BCUT2D eigenvalue weighted by molar-refractivity contribution is 7.26. The van der Waals surface area contributed by atoms with Crippen LogP contribution < -0.4 is 0 Å². The summed E-state index contributed by atoms with van der Waals surface area (Å²) >= 11 is 1.85. The number of aromatic nitrogens is 3. The Labute approximate surface area is 325 Å². The largest absolute Gasteiger partial charge is 0.456 e. The maximum atomic E-state index is 6.30. The van der Waals surface area contributed by atoms with E-state index in [4.69, 9.17) is 19.4 Å². The molecule has 0 N–H and O–H groups in total. The van der Waals surface area contributed by atoms with Gasteiger partial charge in [-0.3, -0.25) is 0 Å². The Bertz CT molecular complexity index is 3510. The van der Waals surface area contributed by atoms with E-state index < -0.39 is 0 Å². The molecule has 0 saturated carbocycles. The number of hydrogen-bond donors (Lipinski definition) is 0. The SMILES string of the molecule is c1ccc2c(c1)oc1cccc(-c3nc(-c4ccc(-c5cccc6c5sc5ccccc56)cc4)nc(-c4ccc5c6ccccc6c6ccccc6c5c4)n3)c12. The summed E-state index contributed by atoms with van der Waals surface area (Å²) in [4.78, 5) is 15.7. The highest BCUT2D eigenvalue weighted by Gasteiger charge is 2.19. The first kappa shape index (κ1) is 31.2. The van der Waals surface area contributed by atoms with Crippen LogP contribution in [0.25, 0.3) is 120 Å². The molecule has 3 aromatic heterocycles. The number of furan rings is 1. The maximum Gasteiger partial charge on any atom is 0.164 e. The van der Waals surface area contributed by atoms with Crippen LogP contribution in [-0.2, 0) is 0 Å².